The van der Waals surface area contributed by atoms with E-state index in [0.29, 0.717) is 43.9 Å². The Labute approximate surface area is 168 Å². The Hall–Kier alpha value is -2.62. The van der Waals surface area contributed by atoms with E-state index in [4.69, 9.17) is 10.5 Å². The summed E-state index contributed by atoms with van der Waals surface area (Å²) in [6.07, 6.45) is 1.67. The van der Waals surface area contributed by atoms with Crippen LogP contribution in [0.5, 0.6) is 0 Å². The molecule has 1 atom stereocenters. The van der Waals surface area contributed by atoms with E-state index in [1.165, 1.54) is 0 Å². The number of amides is 4. The molecule has 9 nitrogen and oxygen atoms in total. The first kappa shape index (κ1) is 21.1. The van der Waals surface area contributed by atoms with Gasteiger partial charge in [0.05, 0.1) is 24.3 Å². The second-order valence-electron chi connectivity index (χ2n) is 7.04. The Balaban J connectivity index is 1.61. The van der Waals surface area contributed by atoms with Crippen molar-refractivity contribution in [3.05, 3.63) is 34.9 Å². The molecule has 2 aliphatic rings. The molecule has 1 aromatic carbocycles. The standard InChI is InChI=1S/C20H26N4O5/c21-8-11-29-12-10-22-9-2-4-13-3-1-5-14-17(13)20(28)24(19(14)27)15-6-7-16(25)23-18(15)26/h1,3,5,15,22H,2,4,6-12,21H2,(H,23,25,26). The van der Waals surface area contributed by atoms with Crippen LogP contribution in [0.3, 0.4) is 0 Å². The number of imide groups is 2. The molecule has 29 heavy (non-hydrogen) atoms. The van der Waals surface area contributed by atoms with E-state index in [0.717, 1.165) is 23.4 Å². The van der Waals surface area contributed by atoms with Gasteiger partial charge in [-0.3, -0.25) is 29.4 Å². The van der Waals surface area contributed by atoms with Crippen LogP contribution < -0.4 is 16.4 Å². The zero-order valence-corrected chi connectivity index (χ0v) is 16.2. The third-order valence-electron chi connectivity index (χ3n) is 5.04. The number of carbonyl (C=O) groups is 4. The molecule has 2 aliphatic heterocycles. The fourth-order valence-corrected chi connectivity index (χ4v) is 3.65. The molecule has 2 heterocycles. The normalized spacial score (nSPS) is 18.9. The summed E-state index contributed by atoms with van der Waals surface area (Å²) in [7, 11) is 0. The van der Waals surface area contributed by atoms with Crippen molar-refractivity contribution in [1.82, 2.24) is 15.5 Å². The molecule has 0 bridgehead atoms. The summed E-state index contributed by atoms with van der Waals surface area (Å²) in [6, 6.07) is 4.25. The van der Waals surface area contributed by atoms with Gasteiger partial charge in [0.2, 0.25) is 11.8 Å². The molecule has 1 saturated heterocycles. The van der Waals surface area contributed by atoms with E-state index in [1.807, 2.05) is 6.07 Å². The first-order valence-electron chi connectivity index (χ1n) is 9.86. The average Bonchev–Trinajstić information content (AvgIpc) is 2.95. The lowest BCUT2D eigenvalue weighted by Gasteiger charge is -2.27. The van der Waals surface area contributed by atoms with E-state index < -0.39 is 23.8 Å². The van der Waals surface area contributed by atoms with E-state index >= 15 is 0 Å². The SMILES string of the molecule is NCCOCCNCCCc1cccc2c1C(=O)N(C1CCC(=O)NC1=O)C2=O. The third kappa shape index (κ3) is 4.69. The molecule has 4 amide bonds. The number of fused-ring (bicyclic) bond motifs is 1. The largest absolute Gasteiger partial charge is 0.379 e. The van der Waals surface area contributed by atoms with E-state index in [1.54, 1.807) is 12.1 Å². The summed E-state index contributed by atoms with van der Waals surface area (Å²) >= 11 is 0. The number of nitrogens with two attached hydrogens (primary N) is 1. The summed E-state index contributed by atoms with van der Waals surface area (Å²) in [5.74, 6) is -1.92. The summed E-state index contributed by atoms with van der Waals surface area (Å²) in [5.41, 5.74) is 6.83. The van der Waals surface area contributed by atoms with Gasteiger partial charge in [-0.05, 0) is 37.4 Å². The highest BCUT2D eigenvalue weighted by atomic mass is 16.5. The van der Waals surface area contributed by atoms with Crippen LogP contribution in [0, 0.1) is 0 Å². The number of hydrogen-bond acceptors (Lipinski definition) is 7. The first-order valence-corrected chi connectivity index (χ1v) is 9.86. The smallest absolute Gasteiger partial charge is 0.262 e. The van der Waals surface area contributed by atoms with Gasteiger partial charge in [0.1, 0.15) is 6.04 Å². The van der Waals surface area contributed by atoms with Crippen molar-refractivity contribution in [2.75, 3.05) is 32.8 Å². The molecule has 0 saturated carbocycles. The molecule has 0 spiro atoms. The lowest BCUT2D eigenvalue weighted by molar-refractivity contribution is -0.136. The van der Waals surface area contributed by atoms with Crippen molar-refractivity contribution in [1.29, 1.82) is 0 Å². The molecule has 3 rings (SSSR count). The summed E-state index contributed by atoms with van der Waals surface area (Å²) in [6.45, 7) is 3.09. The first-order chi connectivity index (χ1) is 14.0. The lowest BCUT2D eigenvalue weighted by Crippen LogP contribution is -2.54. The van der Waals surface area contributed by atoms with Crippen LogP contribution >= 0.6 is 0 Å². The number of carbonyl (C=O) groups excluding carboxylic acids is 4. The maximum absolute atomic E-state index is 13.0. The van der Waals surface area contributed by atoms with Crippen LogP contribution in [0.15, 0.2) is 18.2 Å². The fraction of sp³-hybridized carbons (Fsp3) is 0.500. The zero-order valence-electron chi connectivity index (χ0n) is 16.2. The number of benzene rings is 1. The van der Waals surface area contributed by atoms with Crippen molar-refractivity contribution in [3.63, 3.8) is 0 Å². The minimum Gasteiger partial charge on any atom is -0.379 e. The van der Waals surface area contributed by atoms with Crippen molar-refractivity contribution < 1.29 is 23.9 Å². The fourth-order valence-electron chi connectivity index (χ4n) is 3.65. The van der Waals surface area contributed by atoms with Crippen molar-refractivity contribution in [2.24, 2.45) is 5.73 Å². The molecule has 0 aromatic heterocycles. The highest BCUT2D eigenvalue weighted by Gasteiger charge is 2.45. The maximum atomic E-state index is 13.0. The maximum Gasteiger partial charge on any atom is 0.262 e. The van der Waals surface area contributed by atoms with E-state index in [2.05, 4.69) is 10.6 Å². The highest BCUT2D eigenvalue weighted by molar-refractivity contribution is 6.24. The second-order valence-corrected chi connectivity index (χ2v) is 7.04. The van der Waals surface area contributed by atoms with Gasteiger partial charge < -0.3 is 15.8 Å². The Kier molecular flexibility index (Phi) is 7.08. The number of piperidine rings is 1. The highest BCUT2D eigenvalue weighted by Crippen LogP contribution is 2.30. The monoisotopic (exact) mass is 402 g/mol. The van der Waals surface area contributed by atoms with Crippen molar-refractivity contribution >= 4 is 23.6 Å². The molecule has 0 radical (unpaired) electrons. The topological polar surface area (TPSA) is 131 Å². The molecule has 9 heteroatoms. The predicted molar refractivity (Wildman–Crippen MR) is 104 cm³/mol. The Morgan fingerprint density at radius 1 is 1.14 bits per heavy atom. The van der Waals surface area contributed by atoms with Gasteiger partial charge in [-0.25, -0.2) is 0 Å². The van der Waals surface area contributed by atoms with Gasteiger partial charge in [0.25, 0.3) is 11.8 Å². The molecule has 0 aliphatic carbocycles. The molecule has 1 fully saturated rings. The molecule has 4 N–H and O–H groups in total. The summed E-state index contributed by atoms with van der Waals surface area (Å²) in [5, 5.41) is 5.47. The van der Waals surface area contributed by atoms with Gasteiger partial charge in [-0.2, -0.15) is 0 Å². The summed E-state index contributed by atoms with van der Waals surface area (Å²) < 4.78 is 5.29. The molecule has 1 aromatic rings. The van der Waals surface area contributed by atoms with Gasteiger partial charge in [0, 0.05) is 19.5 Å². The van der Waals surface area contributed by atoms with Crippen molar-refractivity contribution in [2.45, 2.75) is 31.7 Å². The number of nitrogens with one attached hydrogen (secondary N) is 2. The van der Waals surface area contributed by atoms with Crippen LogP contribution in [0.4, 0.5) is 0 Å². The van der Waals surface area contributed by atoms with Crippen LogP contribution in [-0.4, -0.2) is 67.4 Å². The lowest BCUT2D eigenvalue weighted by atomic mass is 9.99. The minimum atomic E-state index is -0.942. The van der Waals surface area contributed by atoms with Crippen LogP contribution in [0.2, 0.25) is 0 Å². The Morgan fingerprint density at radius 2 is 1.97 bits per heavy atom. The molecular weight excluding hydrogens is 376 g/mol. The number of nitrogens with zero attached hydrogens (tertiary/aromatic N) is 1. The Morgan fingerprint density at radius 3 is 2.72 bits per heavy atom. The predicted octanol–water partition coefficient (Wildman–Crippen LogP) is -0.415. The van der Waals surface area contributed by atoms with Gasteiger partial charge >= 0.3 is 0 Å². The van der Waals surface area contributed by atoms with Crippen LogP contribution in [-0.2, 0) is 20.7 Å². The average molecular weight is 402 g/mol. The van der Waals surface area contributed by atoms with Crippen LogP contribution in [0.1, 0.15) is 45.5 Å². The number of ether oxygens (including phenoxy) is 1. The summed E-state index contributed by atoms with van der Waals surface area (Å²) in [4.78, 5) is 50.3. The van der Waals surface area contributed by atoms with Gasteiger partial charge in [0.15, 0.2) is 0 Å². The van der Waals surface area contributed by atoms with Gasteiger partial charge in [-0.1, -0.05) is 12.1 Å². The number of hydrogen-bond donors (Lipinski definition) is 3. The molecular formula is C20H26N4O5. The quantitative estimate of drug-likeness (QED) is 0.358. The van der Waals surface area contributed by atoms with Crippen molar-refractivity contribution in [3.8, 4) is 0 Å². The zero-order chi connectivity index (χ0) is 20.8. The van der Waals surface area contributed by atoms with Gasteiger partial charge in [-0.15, -0.1) is 0 Å². The van der Waals surface area contributed by atoms with E-state index in [-0.39, 0.29) is 18.7 Å². The van der Waals surface area contributed by atoms with Crippen LogP contribution in [0.25, 0.3) is 0 Å². The Bertz CT molecular complexity index is 810. The minimum absolute atomic E-state index is 0.108. The number of rotatable bonds is 10. The van der Waals surface area contributed by atoms with E-state index in [9.17, 15) is 19.2 Å². The third-order valence-corrected chi connectivity index (χ3v) is 5.04. The number of aryl methyl sites for hydroxylation is 1. The molecule has 1 unspecified atom stereocenters. The second kappa shape index (κ2) is 9.73. The molecule has 156 valence electrons.